The zero-order valence-corrected chi connectivity index (χ0v) is 14.2. The Balaban J connectivity index is 2.89. The Hall–Kier alpha value is -0.890. The summed E-state index contributed by atoms with van der Waals surface area (Å²) < 4.78 is 33.5. The van der Waals surface area contributed by atoms with Crippen molar-refractivity contribution in [2.24, 2.45) is 7.05 Å². The Morgan fingerprint density at radius 3 is 2.67 bits per heavy atom. The fourth-order valence-electron chi connectivity index (χ4n) is 2.08. The lowest BCUT2D eigenvalue weighted by molar-refractivity contribution is 0.180. The van der Waals surface area contributed by atoms with Crippen LogP contribution >= 0.6 is 0 Å². The van der Waals surface area contributed by atoms with Crippen molar-refractivity contribution in [1.29, 1.82) is 0 Å². The third kappa shape index (κ3) is 4.81. The molecule has 0 unspecified atom stereocenters. The second-order valence-electron chi connectivity index (χ2n) is 4.94. The van der Waals surface area contributed by atoms with Crippen molar-refractivity contribution in [3.8, 4) is 0 Å². The molecule has 0 aliphatic rings. The SMILES string of the molecule is CCCNCc1cc(S(=O)(=O)N(CC)CCOC)cn1C. The molecule has 7 heteroatoms. The Kier molecular flexibility index (Phi) is 7.37. The normalized spacial score (nSPS) is 12.2. The summed E-state index contributed by atoms with van der Waals surface area (Å²) in [4.78, 5) is 0.344. The molecule has 1 aromatic heterocycles. The molecule has 1 N–H and O–H groups in total. The minimum absolute atomic E-state index is 0.344. The summed E-state index contributed by atoms with van der Waals surface area (Å²) in [6, 6.07) is 1.74. The van der Waals surface area contributed by atoms with Gasteiger partial charge >= 0.3 is 0 Å². The van der Waals surface area contributed by atoms with E-state index in [4.69, 9.17) is 4.74 Å². The molecule has 0 aliphatic carbocycles. The molecular formula is C14H27N3O3S. The number of nitrogens with one attached hydrogen (secondary N) is 1. The highest BCUT2D eigenvalue weighted by Gasteiger charge is 2.24. The molecular weight excluding hydrogens is 290 g/mol. The van der Waals surface area contributed by atoms with E-state index in [9.17, 15) is 8.42 Å². The molecule has 0 aromatic carbocycles. The molecule has 122 valence electrons. The maximum absolute atomic E-state index is 12.6. The van der Waals surface area contributed by atoms with E-state index >= 15 is 0 Å². The van der Waals surface area contributed by atoms with Gasteiger partial charge in [0.25, 0.3) is 0 Å². The van der Waals surface area contributed by atoms with E-state index in [-0.39, 0.29) is 0 Å². The van der Waals surface area contributed by atoms with Gasteiger partial charge in [0.05, 0.1) is 6.61 Å². The van der Waals surface area contributed by atoms with Crippen molar-refractivity contribution in [1.82, 2.24) is 14.2 Å². The summed E-state index contributed by atoms with van der Waals surface area (Å²) >= 11 is 0. The van der Waals surface area contributed by atoms with E-state index in [0.29, 0.717) is 31.1 Å². The largest absolute Gasteiger partial charge is 0.383 e. The van der Waals surface area contributed by atoms with Crippen molar-refractivity contribution in [3.63, 3.8) is 0 Å². The van der Waals surface area contributed by atoms with Crippen LogP contribution in [0.25, 0.3) is 0 Å². The zero-order valence-electron chi connectivity index (χ0n) is 13.4. The molecule has 0 amide bonds. The number of nitrogens with zero attached hydrogens (tertiary/aromatic N) is 2. The average Bonchev–Trinajstić information content (AvgIpc) is 2.82. The molecule has 0 bridgehead atoms. The lowest BCUT2D eigenvalue weighted by Crippen LogP contribution is -2.33. The molecule has 0 spiro atoms. The van der Waals surface area contributed by atoms with Gasteiger partial charge in [-0.05, 0) is 19.0 Å². The maximum atomic E-state index is 12.6. The van der Waals surface area contributed by atoms with Crippen LogP contribution in [0.5, 0.6) is 0 Å². The number of aromatic nitrogens is 1. The summed E-state index contributed by atoms with van der Waals surface area (Å²) in [6.45, 7) is 6.72. The molecule has 1 rings (SSSR count). The molecule has 1 aromatic rings. The van der Waals surface area contributed by atoms with Crippen LogP contribution in [0.3, 0.4) is 0 Å². The lowest BCUT2D eigenvalue weighted by Gasteiger charge is -2.19. The second-order valence-corrected chi connectivity index (χ2v) is 6.88. The highest BCUT2D eigenvalue weighted by molar-refractivity contribution is 7.89. The summed E-state index contributed by atoms with van der Waals surface area (Å²) in [5.74, 6) is 0. The highest BCUT2D eigenvalue weighted by Crippen LogP contribution is 2.18. The number of rotatable bonds is 10. The van der Waals surface area contributed by atoms with Gasteiger partial charge in [0.15, 0.2) is 0 Å². The Morgan fingerprint density at radius 2 is 2.10 bits per heavy atom. The first kappa shape index (κ1) is 18.2. The molecule has 0 saturated carbocycles. The number of hydrogen-bond acceptors (Lipinski definition) is 4. The van der Waals surface area contributed by atoms with Crippen LogP contribution in [0, 0.1) is 0 Å². The number of methoxy groups -OCH3 is 1. The van der Waals surface area contributed by atoms with Crippen molar-refractivity contribution >= 4 is 10.0 Å². The quantitative estimate of drug-likeness (QED) is 0.658. The van der Waals surface area contributed by atoms with Crippen molar-refractivity contribution in [3.05, 3.63) is 18.0 Å². The van der Waals surface area contributed by atoms with Crippen LogP contribution in [0.1, 0.15) is 26.0 Å². The fraction of sp³-hybridized carbons (Fsp3) is 0.714. The van der Waals surface area contributed by atoms with E-state index in [1.54, 1.807) is 19.4 Å². The smallest absolute Gasteiger partial charge is 0.244 e. The van der Waals surface area contributed by atoms with Gasteiger partial charge in [-0.15, -0.1) is 0 Å². The summed E-state index contributed by atoms with van der Waals surface area (Å²) in [6.07, 6.45) is 2.73. The molecule has 0 radical (unpaired) electrons. The molecule has 1 heterocycles. The monoisotopic (exact) mass is 317 g/mol. The van der Waals surface area contributed by atoms with Crippen molar-refractivity contribution in [2.75, 3.05) is 33.4 Å². The molecule has 21 heavy (non-hydrogen) atoms. The minimum atomic E-state index is -3.45. The van der Waals surface area contributed by atoms with Gasteiger partial charge in [-0.2, -0.15) is 4.31 Å². The van der Waals surface area contributed by atoms with Crippen LogP contribution < -0.4 is 5.32 Å². The van der Waals surface area contributed by atoms with Gasteiger partial charge in [-0.25, -0.2) is 8.42 Å². The lowest BCUT2D eigenvalue weighted by atomic mass is 10.4. The zero-order chi connectivity index (χ0) is 15.9. The molecule has 6 nitrogen and oxygen atoms in total. The van der Waals surface area contributed by atoms with Gasteiger partial charge in [0.1, 0.15) is 4.90 Å². The van der Waals surface area contributed by atoms with Crippen molar-refractivity contribution in [2.45, 2.75) is 31.7 Å². The second kappa shape index (κ2) is 8.53. The minimum Gasteiger partial charge on any atom is -0.383 e. The van der Waals surface area contributed by atoms with Crippen LogP contribution in [0.2, 0.25) is 0 Å². The van der Waals surface area contributed by atoms with E-state index in [0.717, 1.165) is 18.7 Å². The fourth-order valence-corrected chi connectivity index (χ4v) is 3.61. The molecule has 0 atom stereocenters. The Labute approximate surface area is 128 Å². The topological polar surface area (TPSA) is 63.6 Å². The molecule has 0 aliphatic heterocycles. The molecule has 0 saturated heterocycles. The maximum Gasteiger partial charge on any atom is 0.244 e. The highest BCUT2D eigenvalue weighted by atomic mass is 32.2. The first-order valence-electron chi connectivity index (χ1n) is 7.32. The van der Waals surface area contributed by atoms with Gasteiger partial charge in [-0.1, -0.05) is 13.8 Å². The molecule has 0 fully saturated rings. The van der Waals surface area contributed by atoms with E-state index in [1.165, 1.54) is 4.31 Å². The van der Waals surface area contributed by atoms with Gasteiger partial charge in [0.2, 0.25) is 10.0 Å². The average molecular weight is 317 g/mol. The van der Waals surface area contributed by atoms with Gasteiger partial charge < -0.3 is 14.6 Å². The van der Waals surface area contributed by atoms with E-state index in [1.807, 2.05) is 18.5 Å². The van der Waals surface area contributed by atoms with Crippen LogP contribution in [-0.2, 0) is 28.4 Å². The summed E-state index contributed by atoms with van der Waals surface area (Å²) in [5.41, 5.74) is 0.963. The Bertz CT molecular complexity index is 526. The van der Waals surface area contributed by atoms with Crippen LogP contribution in [0.4, 0.5) is 0 Å². The van der Waals surface area contributed by atoms with Gasteiger partial charge in [0, 0.05) is 45.7 Å². The predicted molar refractivity (Wildman–Crippen MR) is 83.7 cm³/mol. The third-order valence-corrected chi connectivity index (χ3v) is 5.29. The third-order valence-electron chi connectivity index (χ3n) is 3.35. The number of likely N-dealkylation sites (N-methyl/N-ethyl adjacent to an activating group) is 1. The van der Waals surface area contributed by atoms with Crippen LogP contribution in [0.15, 0.2) is 17.2 Å². The van der Waals surface area contributed by atoms with E-state index < -0.39 is 10.0 Å². The van der Waals surface area contributed by atoms with Gasteiger partial charge in [-0.3, -0.25) is 0 Å². The van der Waals surface area contributed by atoms with E-state index in [2.05, 4.69) is 12.2 Å². The van der Waals surface area contributed by atoms with Crippen LogP contribution in [-0.4, -0.2) is 50.6 Å². The predicted octanol–water partition coefficient (Wildman–Crippen LogP) is 1.18. The first-order chi connectivity index (χ1) is 9.97. The number of hydrogen-bond donors (Lipinski definition) is 1. The summed E-state index contributed by atoms with van der Waals surface area (Å²) in [5, 5.41) is 3.29. The first-order valence-corrected chi connectivity index (χ1v) is 8.76. The summed E-state index contributed by atoms with van der Waals surface area (Å²) in [7, 11) is -0.0125. The standard InChI is InChI=1S/C14H27N3O3S/c1-5-7-15-11-13-10-14(12-16(13)3)21(18,19)17(6-2)8-9-20-4/h10,12,15H,5-9,11H2,1-4H3. The Morgan fingerprint density at radius 1 is 1.38 bits per heavy atom. The number of aryl methyl sites for hydroxylation is 1. The number of ether oxygens (including phenoxy) is 1. The number of sulfonamides is 1. The van der Waals surface area contributed by atoms with Crippen molar-refractivity contribution < 1.29 is 13.2 Å².